The van der Waals surface area contributed by atoms with Crippen molar-refractivity contribution in [2.75, 3.05) is 13.2 Å². The minimum absolute atomic E-state index is 0.0904. The van der Waals surface area contributed by atoms with E-state index in [2.05, 4.69) is 21.9 Å². The van der Waals surface area contributed by atoms with Gasteiger partial charge in [-0.25, -0.2) is 0 Å². The average molecular weight is 246 g/mol. The summed E-state index contributed by atoms with van der Waals surface area (Å²) in [6.45, 7) is 5.21. The van der Waals surface area contributed by atoms with Crippen LogP contribution in [0.2, 0.25) is 5.28 Å². The van der Waals surface area contributed by atoms with Crippen molar-refractivity contribution in [3.8, 4) is 12.0 Å². The van der Waals surface area contributed by atoms with Gasteiger partial charge in [-0.05, 0) is 24.4 Å². The maximum Gasteiger partial charge on any atom is 0.323 e. The van der Waals surface area contributed by atoms with Crippen LogP contribution in [0.15, 0.2) is 0 Å². The standard InChI is InChI=1S/C10H16ClN3O2/c1-3-5-7-16-10-13-8(11)12-9(14-10)15-6-4-2/h3-7H2,1-2H3. The lowest BCUT2D eigenvalue weighted by Crippen LogP contribution is -2.05. The Morgan fingerprint density at radius 3 is 2.12 bits per heavy atom. The third-order valence-corrected chi connectivity index (χ3v) is 1.90. The molecule has 1 heterocycles. The quantitative estimate of drug-likeness (QED) is 0.691. The summed E-state index contributed by atoms with van der Waals surface area (Å²) in [7, 11) is 0. The molecule has 0 amide bonds. The second-order valence-corrected chi connectivity index (χ2v) is 3.56. The number of nitrogens with zero attached hydrogens (tertiary/aromatic N) is 3. The fraction of sp³-hybridized carbons (Fsp3) is 0.700. The van der Waals surface area contributed by atoms with Gasteiger partial charge in [-0.3, -0.25) is 0 Å². The van der Waals surface area contributed by atoms with E-state index in [1.807, 2.05) is 6.92 Å². The van der Waals surface area contributed by atoms with Crippen molar-refractivity contribution in [3.63, 3.8) is 0 Å². The minimum Gasteiger partial charge on any atom is -0.463 e. The van der Waals surface area contributed by atoms with Gasteiger partial charge in [0.05, 0.1) is 13.2 Å². The van der Waals surface area contributed by atoms with Crippen LogP contribution in [-0.2, 0) is 0 Å². The Balaban J connectivity index is 2.58. The van der Waals surface area contributed by atoms with Crippen LogP contribution in [0.4, 0.5) is 0 Å². The van der Waals surface area contributed by atoms with Crippen LogP contribution in [-0.4, -0.2) is 28.2 Å². The average Bonchev–Trinajstić information content (AvgIpc) is 2.26. The molecule has 16 heavy (non-hydrogen) atoms. The molecule has 0 aliphatic heterocycles. The zero-order chi connectivity index (χ0) is 11.8. The fourth-order valence-corrected chi connectivity index (χ4v) is 1.09. The van der Waals surface area contributed by atoms with E-state index in [0.717, 1.165) is 19.3 Å². The van der Waals surface area contributed by atoms with Gasteiger partial charge in [-0.2, -0.15) is 9.97 Å². The third-order valence-electron chi connectivity index (χ3n) is 1.73. The van der Waals surface area contributed by atoms with Crippen LogP contribution < -0.4 is 9.47 Å². The largest absolute Gasteiger partial charge is 0.463 e. The molecule has 1 aromatic rings. The summed E-state index contributed by atoms with van der Waals surface area (Å²) >= 11 is 5.72. The molecule has 0 atom stereocenters. The molecule has 0 saturated carbocycles. The zero-order valence-corrected chi connectivity index (χ0v) is 10.3. The smallest absolute Gasteiger partial charge is 0.323 e. The predicted octanol–water partition coefficient (Wildman–Crippen LogP) is 2.49. The van der Waals surface area contributed by atoms with Gasteiger partial charge in [-0.1, -0.05) is 20.3 Å². The summed E-state index contributed by atoms with van der Waals surface area (Å²) in [5.41, 5.74) is 0. The lowest BCUT2D eigenvalue weighted by molar-refractivity contribution is 0.258. The van der Waals surface area contributed by atoms with Crippen molar-refractivity contribution in [2.45, 2.75) is 33.1 Å². The Morgan fingerprint density at radius 1 is 0.938 bits per heavy atom. The first-order chi connectivity index (χ1) is 7.76. The third kappa shape index (κ3) is 4.61. The monoisotopic (exact) mass is 245 g/mol. The number of unbranched alkanes of at least 4 members (excludes halogenated alkanes) is 1. The Hall–Kier alpha value is -1.10. The number of ether oxygens (including phenoxy) is 2. The topological polar surface area (TPSA) is 57.1 Å². The highest BCUT2D eigenvalue weighted by Gasteiger charge is 2.06. The summed E-state index contributed by atoms with van der Waals surface area (Å²) in [5, 5.41) is 0.0904. The molecule has 0 N–H and O–H groups in total. The van der Waals surface area contributed by atoms with E-state index in [-0.39, 0.29) is 17.3 Å². The van der Waals surface area contributed by atoms with Gasteiger partial charge in [0.25, 0.3) is 0 Å². The summed E-state index contributed by atoms with van der Waals surface area (Å²) < 4.78 is 10.6. The normalized spacial score (nSPS) is 10.2. The molecule has 0 saturated heterocycles. The number of aromatic nitrogens is 3. The van der Waals surface area contributed by atoms with Gasteiger partial charge in [0.1, 0.15) is 0 Å². The van der Waals surface area contributed by atoms with Crippen LogP contribution in [0.5, 0.6) is 12.0 Å². The van der Waals surface area contributed by atoms with Crippen LogP contribution in [0, 0.1) is 0 Å². The Morgan fingerprint density at radius 2 is 1.56 bits per heavy atom. The predicted molar refractivity (Wildman–Crippen MR) is 61.0 cm³/mol. The van der Waals surface area contributed by atoms with Gasteiger partial charge in [0.2, 0.25) is 5.28 Å². The van der Waals surface area contributed by atoms with Crippen LogP contribution in [0.25, 0.3) is 0 Å². The molecule has 0 fully saturated rings. The molecule has 0 aromatic carbocycles. The molecule has 0 aliphatic carbocycles. The van der Waals surface area contributed by atoms with E-state index >= 15 is 0 Å². The molecular weight excluding hydrogens is 230 g/mol. The van der Waals surface area contributed by atoms with Crippen LogP contribution in [0.1, 0.15) is 33.1 Å². The summed E-state index contributed by atoms with van der Waals surface area (Å²) in [5.74, 6) is 0. The molecule has 0 aliphatic rings. The van der Waals surface area contributed by atoms with Crippen LogP contribution >= 0.6 is 11.6 Å². The van der Waals surface area contributed by atoms with Gasteiger partial charge in [0, 0.05) is 0 Å². The van der Waals surface area contributed by atoms with Crippen molar-refractivity contribution >= 4 is 11.6 Å². The Bertz CT molecular complexity index is 323. The van der Waals surface area contributed by atoms with Gasteiger partial charge in [-0.15, -0.1) is 4.98 Å². The zero-order valence-electron chi connectivity index (χ0n) is 9.57. The van der Waals surface area contributed by atoms with Gasteiger partial charge < -0.3 is 9.47 Å². The molecule has 0 bridgehead atoms. The van der Waals surface area contributed by atoms with Gasteiger partial charge in [0.15, 0.2) is 0 Å². The highest BCUT2D eigenvalue weighted by Crippen LogP contribution is 2.13. The SMILES string of the molecule is CCCCOc1nc(Cl)nc(OCCC)n1. The molecule has 0 spiro atoms. The first-order valence-electron chi connectivity index (χ1n) is 5.43. The highest BCUT2D eigenvalue weighted by atomic mass is 35.5. The maximum atomic E-state index is 5.72. The summed E-state index contributed by atoms with van der Waals surface area (Å²) in [4.78, 5) is 11.7. The lowest BCUT2D eigenvalue weighted by Gasteiger charge is -2.06. The van der Waals surface area contributed by atoms with Crippen molar-refractivity contribution < 1.29 is 9.47 Å². The van der Waals surface area contributed by atoms with Gasteiger partial charge >= 0.3 is 12.0 Å². The van der Waals surface area contributed by atoms with E-state index in [0.29, 0.717) is 13.2 Å². The molecule has 0 unspecified atom stereocenters. The summed E-state index contributed by atoms with van der Waals surface area (Å²) in [6, 6.07) is 0.438. The molecule has 0 radical (unpaired) electrons. The molecule has 6 heteroatoms. The first-order valence-corrected chi connectivity index (χ1v) is 5.81. The molecule has 5 nitrogen and oxygen atoms in total. The number of rotatable bonds is 7. The highest BCUT2D eigenvalue weighted by molar-refractivity contribution is 6.28. The summed E-state index contributed by atoms with van der Waals surface area (Å²) in [6.07, 6.45) is 2.89. The number of halogens is 1. The Labute approximate surface area is 100 Å². The maximum absolute atomic E-state index is 5.72. The van der Waals surface area contributed by atoms with Crippen molar-refractivity contribution in [2.24, 2.45) is 0 Å². The van der Waals surface area contributed by atoms with E-state index < -0.39 is 0 Å². The lowest BCUT2D eigenvalue weighted by atomic mass is 10.4. The fourth-order valence-electron chi connectivity index (χ4n) is 0.945. The molecule has 1 aromatic heterocycles. The second kappa shape index (κ2) is 7.22. The minimum atomic E-state index is 0.0904. The van der Waals surface area contributed by atoms with E-state index in [9.17, 15) is 0 Å². The number of hydrogen-bond donors (Lipinski definition) is 0. The second-order valence-electron chi connectivity index (χ2n) is 3.22. The molecule has 1 rings (SSSR count). The first kappa shape index (κ1) is 13.0. The van der Waals surface area contributed by atoms with E-state index in [1.165, 1.54) is 0 Å². The molecule has 90 valence electrons. The van der Waals surface area contributed by atoms with E-state index in [4.69, 9.17) is 21.1 Å². The molecular formula is C10H16ClN3O2. The number of hydrogen-bond acceptors (Lipinski definition) is 5. The van der Waals surface area contributed by atoms with Crippen molar-refractivity contribution in [3.05, 3.63) is 5.28 Å². The Kier molecular flexibility index (Phi) is 5.85. The van der Waals surface area contributed by atoms with Crippen molar-refractivity contribution in [1.82, 2.24) is 15.0 Å². The van der Waals surface area contributed by atoms with E-state index in [1.54, 1.807) is 0 Å². The van der Waals surface area contributed by atoms with Crippen LogP contribution in [0.3, 0.4) is 0 Å². The van der Waals surface area contributed by atoms with Crippen molar-refractivity contribution in [1.29, 1.82) is 0 Å².